The lowest BCUT2D eigenvalue weighted by Crippen LogP contribution is -2.20. The molecule has 0 aromatic rings. The summed E-state index contributed by atoms with van der Waals surface area (Å²) in [5.41, 5.74) is 0. The van der Waals surface area contributed by atoms with Gasteiger partial charge in [-0.3, -0.25) is 0 Å². The normalized spacial score (nSPS) is 38.2. The molecule has 1 atom stereocenters. The number of thioether (sulfide) groups is 1. The van der Waals surface area contributed by atoms with Crippen LogP contribution in [0, 0.1) is 0 Å². The van der Waals surface area contributed by atoms with Crippen molar-refractivity contribution in [3.8, 4) is 0 Å². The Hall–Kier alpha value is 0.600. The predicted molar refractivity (Wildman–Crippen MR) is 37.5 cm³/mol. The number of alkyl halides is 1. The molecule has 0 saturated carbocycles. The van der Waals surface area contributed by atoms with Gasteiger partial charge in [0.2, 0.25) is 0 Å². The Morgan fingerprint density at radius 3 is 2.88 bits per heavy atom. The molecule has 0 bridgehead atoms. The molecule has 48 valence electrons. The number of halogens is 1. The van der Waals surface area contributed by atoms with Crippen molar-refractivity contribution in [1.29, 1.82) is 0 Å². The van der Waals surface area contributed by atoms with Crippen LogP contribution in [0.5, 0.6) is 0 Å². The second kappa shape index (κ2) is 2.46. The summed E-state index contributed by atoms with van der Waals surface area (Å²) >= 11 is 7.39. The van der Waals surface area contributed by atoms with Crippen molar-refractivity contribution < 1.29 is 4.74 Å². The molecule has 0 radical (unpaired) electrons. The zero-order valence-corrected chi connectivity index (χ0v) is 6.39. The molecule has 8 heavy (non-hydrogen) atoms. The van der Waals surface area contributed by atoms with E-state index in [2.05, 4.69) is 0 Å². The topological polar surface area (TPSA) is 9.23 Å². The third-order valence-electron chi connectivity index (χ3n) is 1.14. The highest BCUT2D eigenvalue weighted by Gasteiger charge is 2.28. The fraction of sp³-hybridized carbons (Fsp3) is 1.00. The summed E-state index contributed by atoms with van der Waals surface area (Å²) in [6.07, 6.45) is 0. The fourth-order valence-electron chi connectivity index (χ4n) is 0.634. The standard InChI is InChI=1S/C5H9ClOS/c1-5(4-6)7-2-3-8-5/h2-4H2,1H3. The highest BCUT2D eigenvalue weighted by Crippen LogP contribution is 2.32. The molecule has 1 rings (SSSR count). The number of ether oxygens (including phenoxy) is 1. The third-order valence-corrected chi connectivity index (χ3v) is 3.05. The van der Waals surface area contributed by atoms with Gasteiger partial charge in [-0.15, -0.1) is 23.4 Å². The van der Waals surface area contributed by atoms with Gasteiger partial charge in [0.1, 0.15) is 4.93 Å². The maximum atomic E-state index is 5.60. The molecule has 0 aliphatic carbocycles. The molecule has 1 nitrogen and oxygen atoms in total. The van der Waals surface area contributed by atoms with Gasteiger partial charge < -0.3 is 4.74 Å². The van der Waals surface area contributed by atoms with Gasteiger partial charge in [0.25, 0.3) is 0 Å². The maximum Gasteiger partial charge on any atom is 0.124 e. The van der Waals surface area contributed by atoms with E-state index in [-0.39, 0.29) is 4.93 Å². The Labute approximate surface area is 58.7 Å². The molecule has 1 fully saturated rings. The molecule has 1 aliphatic heterocycles. The number of hydrogen-bond donors (Lipinski definition) is 0. The smallest absolute Gasteiger partial charge is 0.124 e. The molecule has 0 amide bonds. The highest BCUT2D eigenvalue weighted by atomic mass is 35.5. The van der Waals surface area contributed by atoms with Crippen LogP contribution in [0.15, 0.2) is 0 Å². The van der Waals surface area contributed by atoms with Crippen molar-refractivity contribution in [3.05, 3.63) is 0 Å². The van der Waals surface area contributed by atoms with Crippen molar-refractivity contribution in [2.45, 2.75) is 11.9 Å². The van der Waals surface area contributed by atoms with Crippen molar-refractivity contribution in [2.24, 2.45) is 0 Å². The number of hydrogen-bond acceptors (Lipinski definition) is 2. The van der Waals surface area contributed by atoms with Crippen LogP contribution in [0.25, 0.3) is 0 Å². The minimum absolute atomic E-state index is 0.0818. The van der Waals surface area contributed by atoms with Crippen LogP contribution >= 0.6 is 23.4 Å². The van der Waals surface area contributed by atoms with E-state index in [0.29, 0.717) is 5.88 Å². The SMILES string of the molecule is CC1(CCl)OCCS1. The molecule has 0 aromatic carbocycles. The van der Waals surface area contributed by atoms with E-state index in [0.717, 1.165) is 12.4 Å². The average molecular weight is 153 g/mol. The predicted octanol–water partition coefficient (Wildman–Crippen LogP) is 1.70. The van der Waals surface area contributed by atoms with Gasteiger partial charge in [0.05, 0.1) is 12.5 Å². The zero-order valence-electron chi connectivity index (χ0n) is 4.82. The van der Waals surface area contributed by atoms with Crippen LogP contribution in [0.1, 0.15) is 6.92 Å². The van der Waals surface area contributed by atoms with E-state index < -0.39 is 0 Å². The Morgan fingerprint density at radius 2 is 2.62 bits per heavy atom. The lowest BCUT2D eigenvalue weighted by atomic mass is 10.5. The molecule has 0 aromatic heterocycles. The summed E-state index contributed by atoms with van der Waals surface area (Å²) in [4.78, 5) is -0.0818. The first kappa shape index (κ1) is 6.72. The van der Waals surface area contributed by atoms with Gasteiger partial charge >= 0.3 is 0 Å². The lowest BCUT2D eigenvalue weighted by molar-refractivity contribution is 0.0832. The first-order valence-electron chi connectivity index (χ1n) is 2.61. The second-order valence-electron chi connectivity index (χ2n) is 1.96. The molecule has 3 heteroatoms. The Morgan fingerprint density at radius 1 is 1.88 bits per heavy atom. The minimum atomic E-state index is -0.0818. The molecule has 1 saturated heterocycles. The monoisotopic (exact) mass is 152 g/mol. The number of rotatable bonds is 1. The van der Waals surface area contributed by atoms with Gasteiger partial charge in [-0.2, -0.15) is 0 Å². The van der Waals surface area contributed by atoms with Crippen molar-refractivity contribution in [1.82, 2.24) is 0 Å². The summed E-state index contributed by atoms with van der Waals surface area (Å²) in [5, 5.41) is 0. The Balaban J connectivity index is 2.40. The summed E-state index contributed by atoms with van der Waals surface area (Å²) < 4.78 is 5.32. The molecule has 1 heterocycles. The minimum Gasteiger partial charge on any atom is -0.363 e. The molecule has 0 N–H and O–H groups in total. The van der Waals surface area contributed by atoms with E-state index >= 15 is 0 Å². The van der Waals surface area contributed by atoms with Crippen LogP contribution < -0.4 is 0 Å². The zero-order chi connectivity index (χ0) is 6.04. The molecule has 1 unspecified atom stereocenters. The third kappa shape index (κ3) is 1.30. The largest absolute Gasteiger partial charge is 0.363 e. The summed E-state index contributed by atoms with van der Waals surface area (Å²) in [6, 6.07) is 0. The van der Waals surface area contributed by atoms with Crippen LogP contribution in [0.2, 0.25) is 0 Å². The van der Waals surface area contributed by atoms with Crippen molar-refractivity contribution in [3.63, 3.8) is 0 Å². The van der Waals surface area contributed by atoms with Crippen molar-refractivity contribution in [2.75, 3.05) is 18.2 Å². The van der Waals surface area contributed by atoms with Gasteiger partial charge in [0, 0.05) is 5.75 Å². The van der Waals surface area contributed by atoms with E-state index in [1.165, 1.54) is 0 Å². The summed E-state index contributed by atoms with van der Waals surface area (Å²) in [7, 11) is 0. The lowest BCUT2D eigenvalue weighted by Gasteiger charge is -2.17. The molecule has 1 aliphatic rings. The second-order valence-corrected chi connectivity index (χ2v) is 3.79. The highest BCUT2D eigenvalue weighted by molar-refractivity contribution is 8.00. The maximum absolute atomic E-state index is 5.60. The first-order chi connectivity index (χ1) is 3.77. The molecular weight excluding hydrogens is 144 g/mol. The van der Waals surface area contributed by atoms with E-state index in [4.69, 9.17) is 16.3 Å². The van der Waals surface area contributed by atoms with Crippen LogP contribution in [0.3, 0.4) is 0 Å². The molecule has 0 spiro atoms. The van der Waals surface area contributed by atoms with E-state index in [1.807, 2.05) is 6.92 Å². The molecular formula is C5H9ClOS. The van der Waals surface area contributed by atoms with Gasteiger partial charge in [0.15, 0.2) is 0 Å². The van der Waals surface area contributed by atoms with Gasteiger partial charge in [-0.1, -0.05) is 0 Å². The summed E-state index contributed by atoms with van der Waals surface area (Å²) in [6.45, 7) is 2.88. The fourth-order valence-corrected chi connectivity index (χ4v) is 1.78. The van der Waals surface area contributed by atoms with E-state index in [9.17, 15) is 0 Å². The average Bonchev–Trinajstić information content (AvgIpc) is 2.17. The summed E-state index contributed by atoms with van der Waals surface area (Å²) in [5.74, 6) is 1.68. The van der Waals surface area contributed by atoms with Crippen LogP contribution in [-0.4, -0.2) is 23.2 Å². The van der Waals surface area contributed by atoms with Crippen molar-refractivity contribution >= 4 is 23.4 Å². The first-order valence-corrected chi connectivity index (χ1v) is 4.13. The quantitative estimate of drug-likeness (QED) is 0.529. The Bertz CT molecular complexity index is 80.5. The van der Waals surface area contributed by atoms with Gasteiger partial charge in [-0.25, -0.2) is 0 Å². The Kier molecular flexibility index (Phi) is 2.07. The van der Waals surface area contributed by atoms with Crippen LogP contribution in [-0.2, 0) is 4.74 Å². The van der Waals surface area contributed by atoms with Crippen LogP contribution in [0.4, 0.5) is 0 Å². The van der Waals surface area contributed by atoms with Gasteiger partial charge in [-0.05, 0) is 6.92 Å². The van der Waals surface area contributed by atoms with E-state index in [1.54, 1.807) is 11.8 Å².